The zero-order chi connectivity index (χ0) is 32.8. The molecule has 5 atom stereocenters. The monoisotopic (exact) mass is 636 g/mol. The molecule has 1 fully saturated rings. The highest BCUT2D eigenvalue weighted by atomic mass is 16.7. The van der Waals surface area contributed by atoms with Crippen molar-refractivity contribution in [2.24, 2.45) is 0 Å². The molecular weight excluding hydrogens is 604 g/mol. The van der Waals surface area contributed by atoms with Crippen molar-refractivity contribution in [1.82, 2.24) is 0 Å². The third-order valence-corrected chi connectivity index (χ3v) is 7.58. The number of carboxylic acids is 1. The van der Waals surface area contributed by atoms with Crippen LogP contribution in [0.1, 0.15) is 12.0 Å². The van der Waals surface area contributed by atoms with Gasteiger partial charge in [0.25, 0.3) is 0 Å². The van der Waals surface area contributed by atoms with Crippen LogP contribution in [0, 0.1) is 0 Å². The standard InChI is InChI=1S/C33H32O13/c34-18-33(41)30(40)26(17-44-28(38)15-27(36)37)46-32(31(33)42-13-12-19-4-2-1-3-5-19)45-22-10-11-23-25(14-22)43-16-24(29(23)39)20-6-8-21(35)9-7-20/h1-11,14,16,26,30-32,34-35,40-41H,12-13,15,17-18H2,(H,36,37). The molecule has 242 valence electrons. The Labute approximate surface area is 261 Å². The van der Waals surface area contributed by atoms with E-state index in [1.807, 2.05) is 30.3 Å². The zero-order valence-corrected chi connectivity index (χ0v) is 24.4. The van der Waals surface area contributed by atoms with Crippen LogP contribution in [-0.2, 0) is 30.2 Å². The number of aliphatic carboxylic acids is 1. The van der Waals surface area contributed by atoms with Gasteiger partial charge in [-0.15, -0.1) is 0 Å². The molecule has 4 aromatic rings. The SMILES string of the molecule is O=C(O)CC(=O)OCC1OC(Oc2ccc3c(=O)c(-c4ccc(O)cc4)coc3c2)C(OCCc2ccccc2)C(O)(CO)C1O. The molecule has 2 heterocycles. The highest BCUT2D eigenvalue weighted by molar-refractivity contribution is 5.90. The van der Waals surface area contributed by atoms with Crippen molar-refractivity contribution in [3.63, 3.8) is 0 Å². The summed E-state index contributed by atoms with van der Waals surface area (Å²) in [5, 5.41) is 51.4. The van der Waals surface area contributed by atoms with E-state index >= 15 is 0 Å². The number of aliphatic hydroxyl groups is 3. The van der Waals surface area contributed by atoms with E-state index in [0.29, 0.717) is 12.0 Å². The Morgan fingerprint density at radius 1 is 1.00 bits per heavy atom. The van der Waals surface area contributed by atoms with E-state index in [1.54, 1.807) is 12.1 Å². The molecule has 0 radical (unpaired) electrons. The average molecular weight is 637 g/mol. The van der Waals surface area contributed by atoms with Crippen LogP contribution >= 0.6 is 0 Å². The molecular formula is C33H32O13. The lowest BCUT2D eigenvalue weighted by molar-refractivity contribution is -0.329. The minimum absolute atomic E-state index is 0.0256. The third kappa shape index (κ3) is 7.19. The number of carboxylic acid groups (broad SMARTS) is 1. The zero-order valence-electron chi connectivity index (χ0n) is 24.4. The Bertz CT molecular complexity index is 1720. The average Bonchev–Trinajstić information content (AvgIpc) is 3.04. The van der Waals surface area contributed by atoms with Crippen LogP contribution < -0.4 is 10.2 Å². The molecule has 0 bridgehead atoms. The number of hydrogen-bond acceptors (Lipinski definition) is 12. The number of benzene rings is 3. The maximum Gasteiger partial charge on any atom is 0.317 e. The van der Waals surface area contributed by atoms with Crippen molar-refractivity contribution in [3.8, 4) is 22.6 Å². The second-order valence-corrected chi connectivity index (χ2v) is 10.7. The summed E-state index contributed by atoms with van der Waals surface area (Å²) in [5.41, 5.74) is -0.826. The molecule has 0 aliphatic carbocycles. The first kappa shape index (κ1) is 32.6. The van der Waals surface area contributed by atoms with Crippen LogP contribution in [0.4, 0.5) is 0 Å². The van der Waals surface area contributed by atoms with E-state index in [2.05, 4.69) is 0 Å². The molecule has 1 aliphatic heterocycles. The van der Waals surface area contributed by atoms with Crippen LogP contribution in [0.5, 0.6) is 11.5 Å². The molecule has 0 saturated carbocycles. The van der Waals surface area contributed by atoms with Gasteiger partial charge in [0.15, 0.2) is 11.5 Å². The first-order valence-corrected chi connectivity index (χ1v) is 14.3. The van der Waals surface area contributed by atoms with E-state index < -0.39 is 61.8 Å². The number of phenolic OH excluding ortho intramolecular Hbond substituents is 1. The number of aliphatic hydroxyl groups excluding tert-OH is 2. The highest BCUT2D eigenvalue weighted by Gasteiger charge is 2.57. The summed E-state index contributed by atoms with van der Waals surface area (Å²) in [7, 11) is 0. The van der Waals surface area contributed by atoms with Crippen molar-refractivity contribution < 1.29 is 58.5 Å². The van der Waals surface area contributed by atoms with Crippen molar-refractivity contribution in [3.05, 3.63) is 94.8 Å². The minimum atomic E-state index is -2.37. The van der Waals surface area contributed by atoms with E-state index in [-0.39, 0.29) is 40.1 Å². The first-order valence-electron chi connectivity index (χ1n) is 14.3. The molecule has 1 aromatic heterocycles. The molecule has 5 rings (SSSR count). The molecule has 13 heteroatoms. The number of hydrogen-bond donors (Lipinski definition) is 5. The van der Waals surface area contributed by atoms with Crippen LogP contribution in [0.15, 0.2) is 88.3 Å². The van der Waals surface area contributed by atoms with Gasteiger partial charge in [-0.1, -0.05) is 42.5 Å². The Morgan fingerprint density at radius 2 is 1.74 bits per heavy atom. The van der Waals surface area contributed by atoms with Crippen LogP contribution in [0.2, 0.25) is 0 Å². The summed E-state index contributed by atoms with van der Waals surface area (Å²) in [6.07, 6.45) is -5.53. The number of carbonyl (C=O) groups excluding carboxylic acids is 1. The topological polar surface area (TPSA) is 202 Å². The lowest BCUT2D eigenvalue weighted by atomic mass is 9.84. The third-order valence-electron chi connectivity index (χ3n) is 7.58. The summed E-state index contributed by atoms with van der Waals surface area (Å²) >= 11 is 0. The van der Waals surface area contributed by atoms with E-state index in [4.69, 9.17) is 28.5 Å². The number of esters is 1. The van der Waals surface area contributed by atoms with Gasteiger partial charge in [-0.05, 0) is 41.8 Å². The summed E-state index contributed by atoms with van der Waals surface area (Å²) in [6, 6.07) is 19.7. The molecule has 46 heavy (non-hydrogen) atoms. The molecule has 1 aliphatic rings. The molecule has 0 amide bonds. The molecule has 0 spiro atoms. The minimum Gasteiger partial charge on any atom is -0.508 e. The van der Waals surface area contributed by atoms with Gasteiger partial charge in [0.05, 0.1) is 24.2 Å². The largest absolute Gasteiger partial charge is 0.508 e. The quantitative estimate of drug-likeness (QED) is 0.112. The summed E-state index contributed by atoms with van der Waals surface area (Å²) in [6.45, 7) is -1.64. The predicted molar refractivity (Wildman–Crippen MR) is 160 cm³/mol. The van der Waals surface area contributed by atoms with Gasteiger partial charge in [0, 0.05) is 6.07 Å². The van der Waals surface area contributed by atoms with Crippen LogP contribution in [-0.4, -0.2) is 87.5 Å². The number of aromatic hydroxyl groups is 1. The molecule has 5 N–H and O–H groups in total. The summed E-state index contributed by atoms with van der Waals surface area (Å²) < 4.78 is 28.6. The lowest BCUT2D eigenvalue weighted by Crippen LogP contribution is -2.70. The number of fused-ring (bicyclic) bond motifs is 1. The van der Waals surface area contributed by atoms with Crippen molar-refractivity contribution in [1.29, 1.82) is 0 Å². The Morgan fingerprint density at radius 3 is 2.43 bits per heavy atom. The Kier molecular flexibility index (Phi) is 9.99. The fourth-order valence-corrected chi connectivity index (χ4v) is 5.12. The maximum atomic E-state index is 13.2. The summed E-state index contributed by atoms with van der Waals surface area (Å²) in [5.74, 6) is -2.38. The number of ether oxygens (including phenoxy) is 4. The van der Waals surface area contributed by atoms with E-state index in [9.17, 15) is 34.8 Å². The molecule has 1 saturated heterocycles. The van der Waals surface area contributed by atoms with Crippen molar-refractivity contribution >= 4 is 22.9 Å². The van der Waals surface area contributed by atoms with E-state index in [0.717, 1.165) is 5.56 Å². The maximum absolute atomic E-state index is 13.2. The second-order valence-electron chi connectivity index (χ2n) is 10.7. The Hall–Kier alpha value is -4.79. The predicted octanol–water partition coefficient (Wildman–Crippen LogP) is 2.00. The van der Waals surface area contributed by atoms with Gasteiger partial charge in [0.2, 0.25) is 6.29 Å². The fraction of sp³-hybridized carbons (Fsp3) is 0.303. The molecule has 5 unspecified atom stereocenters. The van der Waals surface area contributed by atoms with Crippen LogP contribution in [0.25, 0.3) is 22.1 Å². The lowest BCUT2D eigenvalue weighted by Gasteiger charge is -2.48. The van der Waals surface area contributed by atoms with Crippen molar-refractivity contribution in [2.75, 3.05) is 19.8 Å². The molecule has 13 nitrogen and oxygen atoms in total. The normalized spacial score (nSPS) is 22.8. The smallest absolute Gasteiger partial charge is 0.317 e. The second kappa shape index (κ2) is 14.1. The number of phenols is 1. The van der Waals surface area contributed by atoms with Gasteiger partial charge in [0.1, 0.15) is 54.2 Å². The number of rotatable bonds is 12. The van der Waals surface area contributed by atoms with Gasteiger partial charge in [-0.2, -0.15) is 0 Å². The first-order chi connectivity index (χ1) is 22.1. The van der Waals surface area contributed by atoms with Gasteiger partial charge in [-0.3, -0.25) is 14.4 Å². The van der Waals surface area contributed by atoms with E-state index in [1.165, 1.54) is 36.6 Å². The molecule has 3 aromatic carbocycles. The van der Waals surface area contributed by atoms with Crippen LogP contribution in [0.3, 0.4) is 0 Å². The highest BCUT2D eigenvalue weighted by Crippen LogP contribution is 2.35. The Balaban J connectivity index is 1.42. The van der Waals surface area contributed by atoms with Gasteiger partial charge in [-0.25, -0.2) is 0 Å². The fourth-order valence-electron chi connectivity index (χ4n) is 5.12. The van der Waals surface area contributed by atoms with Crippen molar-refractivity contribution in [2.45, 2.75) is 43.0 Å². The van der Waals surface area contributed by atoms with Gasteiger partial charge >= 0.3 is 11.9 Å². The summed E-state index contributed by atoms with van der Waals surface area (Å²) in [4.78, 5) is 36.0. The van der Waals surface area contributed by atoms with Gasteiger partial charge < -0.3 is 48.9 Å². The number of carbonyl (C=O) groups is 2.